The summed E-state index contributed by atoms with van der Waals surface area (Å²) in [5.41, 5.74) is 2.29. The summed E-state index contributed by atoms with van der Waals surface area (Å²) in [6, 6.07) is 2.82. The van der Waals surface area contributed by atoms with Crippen LogP contribution in [0.2, 0.25) is 0 Å². The van der Waals surface area contributed by atoms with Crippen LogP contribution in [0.25, 0.3) is 0 Å². The lowest BCUT2D eigenvalue weighted by Crippen LogP contribution is -2.54. The van der Waals surface area contributed by atoms with Crippen LogP contribution < -0.4 is 11.3 Å². The van der Waals surface area contributed by atoms with Crippen LogP contribution >= 0.6 is 0 Å². The first-order valence-electron chi connectivity index (χ1n) is 7.12. The molecule has 0 aliphatic carbocycles. The van der Waals surface area contributed by atoms with Gasteiger partial charge in [0, 0.05) is 31.2 Å². The lowest BCUT2D eigenvalue weighted by atomic mass is 10.1. The number of carbonyl (C=O) groups excluding carboxylic acids is 1. The Balaban J connectivity index is 1.65. The van der Waals surface area contributed by atoms with Gasteiger partial charge in [-0.25, -0.2) is 5.84 Å². The van der Waals surface area contributed by atoms with E-state index in [2.05, 4.69) is 27.3 Å². The number of carbonyl (C=O) groups is 1. The molecule has 0 saturated carbocycles. The second kappa shape index (κ2) is 5.51. The summed E-state index contributed by atoms with van der Waals surface area (Å²) in [5.74, 6) is 5.37. The monoisotopic (exact) mass is 279 g/mol. The first kappa shape index (κ1) is 13.5. The minimum absolute atomic E-state index is 0.231. The number of hydrogen-bond donors (Lipinski definition) is 2. The fourth-order valence-corrected chi connectivity index (χ4v) is 3.24. The molecule has 3 rings (SSSR count). The van der Waals surface area contributed by atoms with Crippen molar-refractivity contribution in [2.45, 2.75) is 38.4 Å². The molecule has 1 aromatic rings. The lowest BCUT2D eigenvalue weighted by molar-refractivity contribution is 0.0480. The Bertz CT molecular complexity index is 489. The number of nitrogen functional groups attached to an aromatic ring is 1. The van der Waals surface area contributed by atoms with Crippen LogP contribution in [0.3, 0.4) is 0 Å². The molecular weight excluding hydrogens is 258 g/mol. The Kier molecular flexibility index (Phi) is 3.73. The minimum atomic E-state index is -0.423. The quantitative estimate of drug-likeness (QED) is 0.458. The fraction of sp³-hybridized carbons (Fsp3) is 0.692. The molecule has 2 saturated heterocycles. The number of nitrogens with zero attached hydrogens (tertiary/aromatic N) is 3. The molecule has 2 atom stereocenters. The summed E-state index contributed by atoms with van der Waals surface area (Å²) in [7, 11) is 0. The van der Waals surface area contributed by atoms with Gasteiger partial charge in [-0.15, -0.1) is 0 Å². The van der Waals surface area contributed by atoms with Gasteiger partial charge < -0.3 is 4.52 Å². The van der Waals surface area contributed by atoms with E-state index in [1.807, 2.05) is 0 Å². The van der Waals surface area contributed by atoms with Crippen LogP contribution in [0.5, 0.6) is 0 Å². The predicted molar refractivity (Wildman–Crippen MR) is 72.6 cm³/mol. The second-order valence-electron chi connectivity index (χ2n) is 5.72. The number of aromatic nitrogens is 1. The van der Waals surface area contributed by atoms with Gasteiger partial charge in [-0.05, 0) is 26.3 Å². The number of nitrogens with two attached hydrogens (primary N) is 1. The van der Waals surface area contributed by atoms with E-state index in [9.17, 15) is 4.79 Å². The molecule has 7 heteroatoms. The molecule has 2 unspecified atom stereocenters. The molecule has 1 amide bonds. The number of piperazine rings is 1. The van der Waals surface area contributed by atoms with E-state index in [1.165, 1.54) is 19.4 Å². The Morgan fingerprint density at radius 2 is 2.45 bits per heavy atom. The zero-order valence-corrected chi connectivity index (χ0v) is 11.7. The standard InChI is InChI=1S/C13H21N5O2/c1-9-6-17-4-2-3-10(17)7-18(9)8-11-5-12(16-20-11)13(19)15-14/h5,9-10H,2-4,6-8,14H2,1H3,(H,15,19). The summed E-state index contributed by atoms with van der Waals surface area (Å²) in [6.07, 6.45) is 2.58. The van der Waals surface area contributed by atoms with Gasteiger partial charge in [-0.1, -0.05) is 5.16 Å². The molecule has 2 aliphatic rings. The highest BCUT2D eigenvalue weighted by atomic mass is 16.5. The minimum Gasteiger partial charge on any atom is -0.359 e. The van der Waals surface area contributed by atoms with Crippen molar-refractivity contribution in [3.8, 4) is 0 Å². The van der Waals surface area contributed by atoms with Crippen molar-refractivity contribution in [3.63, 3.8) is 0 Å². The number of amides is 1. The number of hydrazine groups is 1. The molecule has 20 heavy (non-hydrogen) atoms. The van der Waals surface area contributed by atoms with Gasteiger partial charge >= 0.3 is 0 Å². The summed E-state index contributed by atoms with van der Waals surface area (Å²) in [5, 5.41) is 3.74. The average molecular weight is 279 g/mol. The van der Waals surface area contributed by atoms with E-state index in [0.717, 1.165) is 13.1 Å². The van der Waals surface area contributed by atoms with Crippen LogP contribution in [0.1, 0.15) is 36.0 Å². The highest BCUT2D eigenvalue weighted by Crippen LogP contribution is 2.25. The molecule has 110 valence electrons. The molecule has 0 aromatic carbocycles. The van der Waals surface area contributed by atoms with Crippen LogP contribution in [0.4, 0.5) is 0 Å². The van der Waals surface area contributed by atoms with Gasteiger partial charge in [0.25, 0.3) is 5.91 Å². The third-order valence-corrected chi connectivity index (χ3v) is 4.35. The molecule has 1 aromatic heterocycles. The van der Waals surface area contributed by atoms with Gasteiger partial charge in [0.15, 0.2) is 11.5 Å². The van der Waals surface area contributed by atoms with Gasteiger partial charge in [-0.2, -0.15) is 0 Å². The summed E-state index contributed by atoms with van der Waals surface area (Å²) in [4.78, 5) is 16.3. The number of nitrogens with one attached hydrogen (secondary N) is 1. The Labute approximate surface area is 118 Å². The van der Waals surface area contributed by atoms with Gasteiger partial charge in [-0.3, -0.25) is 20.0 Å². The Morgan fingerprint density at radius 3 is 3.25 bits per heavy atom. The maximum absolute atomic E-state index is 11.4. The normalized spacial score (nSPS) is 27.5. The number of fused-ring (bicyclic) bond motifs is 1. The molecular formula is C13H21N5O2. The summed E-state index contributed by atoms with van der Waals surface area (Å²) >= 11 is 0. The van der Waals surface area contributed by atoms with Gasteiger partial charge in [0.1, 0.15) is 0 Å². The number of hydrogen-bond acceptors (Lipinski definition) is 6. The zero-order valence-electron chi connectivity index (χ0n) is 11.7. The molecule has 2 fully saturated rings. The highest BCUT2D eigenvalue weighted by molar-refractivity contribution is 5.91. The van der Waals surface area contributed by atoms with E-state index in [-0.39, 0.29) is 5.69 Å². The molecule has 0 bridgehead atoms. The molecule has 0 radical (unpaired) electrons. The average Bonchev–Trinajstić information content (AvgIpc) is 3.07. The Morgan fingerprint density at radius 1 is 1.60 bits per heavy atom. The molecule has 3 heterocycles. The second-order valence-corrected chi connectivity index (χ2v) is 5.72. The smallest absolute Gasteiger partial charge is 0.287 e. The first-order valence-corrected chi connectivity index (χ1v) is 7.12. The topological polar surface area (TPSA) is 87.6 Å². The predicted octanol–water partition coefficient (Wildman–Crippen LogP) is -0.0534. The van der Waals surface area contributed by atoms with Crippen LogP contribution in [-0.2, 0) is 6.54 Å². The Hall–Kier alpha value is -1.44. The summed E-state index contributed by atoms with van der Waals surface area (Å²) in [6.45, 7) is 6.32. The van der Waals surface area contributed by atoms with Crippen molar-refractivity contribution in [3.05, 3.63) is 17.5 Å². The molecule has 7 nitrogen and oxygen atoms in total. The third kappa shape index (κ3) is 2.56. The SMILES string of the molecule is CC1CN2CCCC2CN1Cc1cc(C(=O)NN)no1. The van der Waals surface area contributed by atoms with Gasteiger partial charge in [0.2, 0.25) is 0 Å². The number of rotatable bonds is 3. The van der Waals surface area contributed by atoms with E-state index in [4.69, 9.17) is 10.4 Å². The fourth-order valence-electron chi connectivity index (χ4n) is 3.24. The highest BCUT2D eigenvalue weighted by Gasteiger charge is 2.34. The van der Waals surface area contributed by atoms with Crippen LogP contribution in [0.15, 0.2) is 10.6 Å². The van der Waals surface area contributed by atoms with Crippen LogP contribution in [0, 0.1) is 0 Å². The van der Waals surface area contributed by atoms with Gasteiger partial charge in [0.05, 0.1) is 6.54 Å². The van der Waals surface area contributed by atoms with Crippen LogP contribution in [-0.4, -0.2) is 52.6 Å². The van der Waals surface area contributed by atoms with E-state index >= 15 is 0 Å². The van der Waals surface area contributed by atoms with Crippen molar-refractivity contribution < 1.29 is 9.32 Å². The maximum atomic E-state index is 11.4. The van der Waals surface area contributed by atoms with Crippen molar-refractivity contribution >= 4 is 5.91 Å². The van der Waals surface area contributed by atoms with Crippen molar-refractivity contribution in [2.75, 3.05) is 19.6 Å². The largest absolute Gasteiger partial charge is 0.359 e. The summed E-state index contributed by atoms with van der Waals surface area (Å²) < 4.78 is 5.23. The van der Waals surface area contributed by atoms with Crippen molar-refractivity contribution in [1.82, 2.24) is 20.4 Å². The van der Waals surface area contributed by atoms with Crippen molar-refractivity contribution in [1.29, 1.82) is 0 Å². The first-order chi connectivity index (χ1) is 9.67. The van der Waals surface area contributed by atoms with E-state index < -0.39 is 5.91 Å². The third-order valence-electron chi connectivity index (χ3n) is 4.35. The molecule has 3 N–H and O–H groups in total. The van der Waals surface area contributed by atoms with E-state index in [0.29, 0.717) is 24.4 Å². The molecule has 2 aliphatic heterocycles. The van der Waals surface area contributed by atoms with E-state index in [1.54, 1.807) is 6.07 Å². The maximum Gasteiger partial charge on any atom is 0.287 e. The lowest BCUT2D eigenvalue weighted by Gasteiger charge is -2.41. The molecule has 0 spiro atoms. The zero-order chi connectivity index (χ0) is 14.1. The van der Waals surface area contributed by atoms with Crippen molar-refractivity contribution in [2.24, 2.45) is 5.84 Å².